The molecule has 1 aromatic heterocycles. The summed E-state index contributed by atoms with van der Waals surface area (Å²) in [4.78, 5) is 23.3. The van der Waals surface area contributed by atoms with Gasteiger partial charge in [-0.25, -0.2) is 0 Å². The molecule has 0 spiro atoms. The standard InChI is InChI=1S/C10H11NO2S/c1-4-6-7-8(5-2)14-10(13)11(3)9(7)12/h4-6H,2H2,1,3H3/b6-4-. The van der Waals surface area contributed by atoms with Crippen LogP contribution in [-0.2, 0) is 7.05 Å². The summed E-state index contributed by atoms with van der Waals surface area (Å²) in [6.07, 6.45) is 4.99. The highest BCUT2D eigenvalue weighted by Crippen LogP contribution is 2.09. The Morgan fingerprint density at radius 1 is 1.43 bits per heavy atom. The molecule has 14 heavy (non-hydrogen) atoms. The average molecular weight is 209 g/mol. The van der Waals surface area contributed by atoms with Gasteiger partial charge in [-0.3, -0.25) is 14.2 Å². The molecule has 1 aromatic rings. The summed E-state index contributed by atoms with van der Waals surface area (Å²) in [5.41, 5.74) is 0.247. The molecule has 0 saturated heterocycles. The summed E-state index contributed by atoms with van der Waals surface area (Å²) >= 11 is 1.02. The minimum Gasteiger partial charge on any atom is -0.269 e. The first kappa shape index (κ1) is 10.7. The van der Waals surface area contributed by atoms with E-state index in [-0.39, 0.29) is 10.4 Å². The molecule has 0 aliphatic carbocycles. The molecule has 1 heterocycles. The zero-order valence-corrected chi connectivity index (χ0v) is 8.93. The van der Waals surface area contributed by atoms with Crippen LogP contribution in [0, 0.1) is 0 Å². The van der Waals surface area contributed by atoms with E-state index in [9.17, 15) is 9.59 Å². The second kappa shape index (κ2) is 4.19. The van der Waals surface area contributed by atoms with Crippen molar-refractivity contribution >= 4 is 23.5 Å². The first-order valence-electron chi connectivity index (χ1n) is 4.11. The Balaban J connectivity index is 3.70. The molecule has 4 heteroatoms. The summed E-state index contributed by atoms with van der Waals surface area (Å²) in [5, 5.41) is 0. The predicted molar refractivity (Wildman–Crippen MR) is 60.6 cm³/mol. The molecule has 3 nitrogen and oxygen atoms in total. The van der Waals surface area contributed by atoms with Gasteiger partial charge in [0.1, 0.15) is 0 Å². The van der Waals surface area contributed by atoms with E-state index >= 15 is 0 Å². The summed E-state index contributed by atoms with van der Waals surface area (Å²) in [7, 11) is 1.47. The summed E-state index contributed by atoms with van der Waals surface area (Å²) in [6.45, 7) is 5.40. The van der Waals surface area contributed by atoms with Gasteiger partial charge >= 0.3 is 4.87 Å². The van der Waals surface area contributed by atoms with E-state index in [1.807, 2.05) is 6.92 Å². The van der Waals surface area contributed by atoms with Gasteiger partial charge in [-0.15, -0.1) is 0 Å². The fourth-order valence-electron chi connectivity index (χ4n) is 1.06. The maximum absolute atomic E-state index is 11.6. The van der Waals surface area contributed by atoms with Crippen LogP contribution in [0.1, 0.15) is 17.4 Å². The topological polar surface area (TPSA) is 39.1 Å². The van der Waals surface area contributed by atoms with Crippen LogP contribution in [0.25, 0.3) is 12.2 Å². The van der Waals surface area contributed by atoms with Crippen LogP contribution >= 0.6 is 11.3 Å². The van der Waals surface area contributed by atoms with Gasteiger partial charge in [-0.2, -0.15) is 0 Å². The van der Waals surface area contributed by atoms with Crippen molar-refractivity contribution in [3.63, 3.8) is 0 Å². The Hall–Kier alpha value is -1.42. The number of aromatic nitrogens is 1. The third-order valence-electron chi connectivity index (χ3n) is 1.79. The lowest BCUT2D eigenvalue weighted by atomic mass is 10.2. The van der Waals surface area contributed by atoms with E-state index in [0.29, 0.717) is 10.4 Å². The lowest BCUT2D eigenvalue weighted by Crippen LogP contribution is -2.30. The normalized spacial score (nSPS) is 10.7. The van der Waals surface area contributed by atoms with Crippen LogP contribution in [0.2, 0.25) is 0 Å². The van der Waals surface area contributed by atoms with Crippen molar-refractivity contribution in [2.45, 2.75) is 6.92 Å². The lowest BCUT2D eigenvalue weighted by Gasteiger charge is -2.00. The van der Waals surface area contributed by atoms with Crippen molar-refractivity contribution in [2.75, 3.05) is 0 Å². The fraction of sp³-hybridized carbons (Fsp3) is 0.200. The smallest absolute Gasteiger partial charge is 0.269 e. The molecule has 0 aliphatic rings. The summed E-state index contributed by atoms with van der Waals surface area (Å²) in [6, 6.07) is 0. The van der Waals surface area contributed by atoms with E-state index in [1.54, 1.807) is 12.2 Å². The predicted octanol–water partition coefficient (Wildman–Crippen LogP) is 1.48. The third-order valence-corrected chi connectivity index (χ3v) is 2.85. The highest BCUT2D eigenvalue weighted by atomic mass is 32.1. The molecule has 0 bridgehead atoms. The monoisotopic (exact) mass is 209 g/mol. The zero-order valence-electron chi connectivity index (χ0n) is 8.11. The second-order valence-corrected chi connectivity index (χ2v) is 3.71. The third kappa shape index (κ3) is 1.75. The van der Waals surface area contributed by atoms with E-state index in [1.165, 1.54) is 13.1 Å². The zero-order chi connectivity index (χ0) is 10.7. The van der Waals surface area contributed by atoms with Crippen molar-refractivity contribution in [3.8, 4) is 0 Å². The van der Waals surface area contributed by atoms with Crippen LogP contribution in [0.15, 0.2) is 22.2 Å². The largest absolute Gasteiger partial charge is 0.310 e. The van der Waals surface area contributed by atoms with Crippen molar-refractivity contribution in [1.29, 1.82) is 0 Å². The van der Waals surface area contributed by atoms with Crippen molar-refractivity contribution in [3.05, 3.63) is 43.1 Å². The summed E-state index contributed by atoms with van der Waals surface area (Å²) < 4.78 is 1.10. The number of hydrogen-bond donors (Lipinski definition) is 0. The molecule has 1 rings (SSSR count). The Morgan fingerprint density at radius 2 is 2.07 bits per heavy atom. The van der Waals surface area contributed by atoms with Gasteiger partial charge in [0.2, 0.25) is 0 Å². The highest BCUT2D eigenvalue weighted by Gasteiger charge is 2.06. The van der Waals surface area contributed by atoms with E-state index in [4.69, 9.17) is 0 Å². The van der Waals surface area contributed by atoms with Crippen LogP contribution in [0.5, 0.6) is 0 Å². The van der Waals surface area contributed by atoms with Crippen LogP contribution in [-0.4, -0.2) is 4.57 Å². The Bertz CT molecular complexity index is 494. The Labute approximate surface area is 85.6 Å². The highest BCUT2D eigenvalue weighted by molar-refractivity contribution is 7.10. The number of hydrogen-bond acceptors (Lipinski definition) is 3. The molecule has 0 aliphatic heterocycles. The van der Waals surface area contributed by atoms with Crippen LogP contribution in [0.3, 0.4) is 0 Å². The second-order valence-electron chi connectivity index (χ2n) is 2.71. The van der Waals surface area contributed by atoms with Gasteiger partial charge < -0.3 is 0 Å². The van der Waals surface area contributed by atoms with Crippen molar-refractivity contribution in [1.82, 2.24) is 4.57 Å². The minimum atomic E-state index is -0.276. The molecule has 0 amide bonds. The number of allylic oxidation sites excluding steroid dienone is 1. The maximum atomic E-state index is 11.6. The van der Waals surface area contributed by atoms with E-state index in [0.717, 1.165) is 15.9 Å². The van der Waals surface area contributed by atoms with Crippen LogP contribution < -0.4 is 10.4 Å². The minimum absolute atomic E-state index is 0.266. The molecule has 0 radical (unpaired) electrons. The van der Waals surface area contributed by atoms with Gasteiger partial charge in [-0.1, -0.05) is 36.1 Å². The molecule has 74 valence electrons. The van der Waals surface area contributed by atoms with E-state index < -0.39 is 0 Å². The van der Waals surface area contributed by atoms with Gasteiger partial charge in [0.15, 0.2) is 0 Å². The van der Waals surface area contributed by atoms with Gasteiger partial charge in [0, 0.05) is 11.9 Å². The molecule has 0 atom stereocenters. The van der Waals surface area contributed by atoms with Crippen LogP contribution in [0.4, 0.5) is 0 Å². The Kier molecular flexibility index (Phi) is 3.19. The number of nitrogens with zero attached hydrogens (tertiary/aromatic N) is 1. The summed E-state index contributed by atoms with van der Waals surface area (Å²) in [5.74, 6) is 0. The first-order chi connectivity index (χ1) is 6.61. The molecule has 0 saturated carbocycles. The molecule has 0 fully saturated rings. The Morgan fingerprint density at radius 3 is 2.57 bits per heavy atom. The van der Waals surface area contributed by atoms with Gasteiger partial charge in [-0.05, 0) is 6.92 Å². The fourth-order valence-corrected chi connectivity index (χ4v) is 1.81. The van der Waals surface area contributed by atoms with Gasteiger partial charge in [0.05, 0.1) is 5.56 Å². The first-order valence-corrected chi connectivity index (χ1v) is 4.92. The van der Waals surface area contributed by atoms with Crippen molar-refractivity contribution in [2.24, 2.45) is 7.05 Å². The van der Waals surface area contributed by atoms with Crippen molar-refractivity contribution < 1.29 is 0 Å². The molecule has 0 aromatic carbocycles. The lowest BCUT2D eigenvalue weighted by molar-refractivity contribution is 0.840. The van der Waals surface area contributed by atoms with E-state index in [2.05, 4.69) is 6.58 Å². The SMILES string of the molecule is C=Cc1sc(=O)n(C)c(=O)c1/C=C\C. The maximum Gasteiger partial charge on any atom is 0.310 e. The molecular formula is C10H11NO2S. The quantitative estimate of drug-likeness (QED) is 0.740. The average Bonchev–Trinajstić information content (AvgIpc) is 2.19. The number of rotatable bonds is 2. The molecule has 0 unspecified atom stereocenters. The molecular weight excluding hydrogens is 198 g/mol. The van der Waals surface area contributed by atoms with Gasteiger partial charge in [0.25, 0.3) is 5.56 Å². The molecule has 0 N–H and O–H groups in total.